The van der Waals surface area contributed by atoms with Gasteiger partial charge in [0.25, 0.3) is 5.95 Å². The highest BCUT2D eigenvalue weighted by Crippen LogP contribution is 2.37. The van der Waals surface area contributed by atoms with E-state index >= 15 is 0 Å². The van der Waals surface area contributed by atoms with Gasteiger partial charge in [-0.3, -0.25) is 4.90 Å². The van der Waals surface area contributed by atoms with Gasteiger partial charge in [-0.05, 0) is 56.3 Å². The summed E-state index contributed by atoms with van der Waals surface area (Å²) in [5.41, 5.74) is 3.31. The predicted molar refractivity (Wildman–Crippen MR) is 117 cm³/mol. The van der Waals surface area contributed by atoms with Gasteiger partial charge in [-0.25, -0.2) is 22.8 Å². The van der Waals surface area contributed by atoms with Gasteiger partial charge in [0.15, 0.2) is 28.6 Å². The Morgan fingerprint density at radius 2 is 1.58 bits per heavy atom. The molecule has 0 saturated heterocycles. The first-order valence-corrected chi connectivity index (χ1v) is 10.1. The summed E-state index contributed by atoms with van der Waals surface area (Å²) in [5.74, 6) is -1.85. The average molecular weight is 449 g/mol. The van der Waals surface area contributed by atoms with Crippen molar-refractivity contribution >= 4 is 28.4 Å². The van der Waals surface area contributed by atoms with E-state index < -0.39 is 17.5 Å². The Morgan fingerprint density at radius 3 is 2.24 bits per heavy atom. The zero-order valence-electron chi connectivity index (χ0n) is 18.0. The number of halogens is 3. The molecule has 0 N–H and O–H groups in total. The van der Waals surface area contributed by atoms with E-state index in [1.807, 2.05) is 19.9 Å². The van der Waals surface area contributed by atoms with Crippen molar-refractivity contribution in [1.82, 2.24) is 29.3 Å². The van der Waals surface area contributed by atoms with Crippen LogP contribution in [0.2, 0.25) is 0 Å². The number of fused-ring (bicyclic) bond motifs is 1. The van der Waals surface area contributed by atoms with Crippen LogP contribution in [-0.4, -0.2) is 29.3 Å². The number of anilines is 3. The highest BCUT2D eigenvalue weighted by Gasteiger charge is 2.23. The fraction of sp³-hybridized carbons (Fsp3) is 0.130. The number of benzene rings is 2. The van der Waals surface area contributed by atoms with Gasteiger partial charge in [-0.1, -0.05) is 0 Å². The van der Waals surface area contributed by atoms with Crippen LogP contribution < -0.4 is 4.90 Å². The van der Waals surface area contributed by atoms with Gasteiger partial charge >= 0.3 is 0 Å². The Morgan fingerprint density at radius 1 is 0.848 bits per heavy atom. The van der Waals surface area contributed by atoms with Crippen molar-refractivity contribution in [1.29, 1.82) is 0 Å². The topological polar surface area (TPSA) is 64.7 Å². The molecule has 0 aliphatic rings. The molecule has 3 aromatic heterocycles. The standard InChI is InChI=1S/C23H18F3N7/c1-13-10-14(2)33(30-13)23-28-21-20(27-12-31(21)3)22(29-23)32(16-6-4-15(24)5-7-16)17-8-9-18(25)19(26)11-17/h4-12H,1-3H3. The van der Waals surface area contributed by atoms with Crippen molar-refractivity contribution < 1.29 is 13.2 Å². The summed E-state index contributed by atoms with van der Waals surface area (Å²) in [6, 6.07) is 11.0. The molecular formula is C23H18F3N7. The van der Waals surface area contributed by atoms with Crippen LogP contribution >= 0.6 is 0 Å². The number of nitrogens with zero attached hydrogens (tertiary/aromatic N) is 7. The summed E-state index contributed by atoms with van der Waals surface area (Å²) >= 11 is 0. The second kappa shape index (κ2) is 7.73. The molecule has 0 aliphatic carbocycles. The monoisotopic (exact) mass is 449 g/mol. The van der Waals surface area contributed by atoms with E-state index in [0.717, 1.165) is 23.5 Å². The van der Waals surface area contributed by atoms with E-state index in [1.165, 1.54) is 30.3 Å². The molecule has 0 fully saturated rings. The lowest BCUT2D eigenvalue weighted by Crippen LogP contribution is -2.16. The minimum Gasteiger partial charge on any atom is -0.318 e. The fourth-order valence-corrected chi connectivity index (χ4v) is 3.67. The third-order valence-electron chi connectivity index (χ3n) is 5.19. The van der Waals surface area contributed by atoms with Crippen LogP contribution in [0.4, 0.5) is 30.4 Å². The Balaban J connectivity index is 1.82. The fourth-order valence-electron chi connectivity index (χ4n) is 3.67. The van der Waals surface area contributed by atoms with Crippen LogP contribution in [0.15, 0.2) is 54.9 Å². The van der Waals surface area contributed by atoms with E-state index in [2.05, 4.69) is 15.1 Å². The lowest BCUT2D eigenvalue weighted by Gasteiger charge is -2.25. The normalized spacial score (nSPS) is 11.3. The highest BCUT2D eigenvalue weighted by molar-refractivity contribution is 5.91. The van der Waals surface area contributed by atoms with Crippen molar-refractivity contribution in [2.24, 2.45) is 7.05 Å². The molecule has 166 valence electrons. The summed E-state index contributed by atoms with van der Waals surface area (Å²) in [5, 5.41) is 4.47. The Kier molecular flexibility index (Phi) is 4.85. The van der Waals surface area contributed by atoms with Gasteiger partial charge in [0, 0.05) is 24.5 Å². The number of rotatable bonds is 4. The number of hydrogen-bond donors (Lipinski definition) is 0. The van der Waals surface area contributed by atoms with Crippen LogP contribution in [0.3, 0.4) is 0 Å². The molecule has 7 nitrogen and oxygen atoms in total. The van der Waals surface area contributed by atoms with Gasteiger partial charge in [0.05, 0.1) is 17.7 Å². The maximum atomic E-state index is 14.2. The third-order valence-corrected chi connectivity index (χ3v) is 5.19. The summed E-state index contributed by atoms with van der Waals surface area (Å²) in [7, 11) is 1.79. The molecule has 2 aromatic carbocycles. The Hall–Kier alpha value is -4.21. The van der Waals surface area contributed by atoms with Crippen LogP contribution in [0.25, 0.3) is 17.1 Å². The summed E-state index contributed by atoms with van der Waals surface area (Å²) in [6.07, 6.45) is 1.59. The number of aromatic nitrogens is 6. The molecule has 0 saturated carbocycles. The third kappa shape index (κ3) is 3.59. The second-order valence-electron chi connectivity index (χ2n) is 7.62. The minimum atomic E-state index is -1.02. The van der Waals surface area contributed by atoms with Gasteiger partial charge in [0.1, 0.15) is 5.82 Å². The van der Waals surface area contributed by atoms with Crippen LogP contribution in [0.1, 0.15) is 11.4 Å². The molecule has 0 bridgehead atoms. The van der Waals surface area contributed by atoms with Gasteiger partial charge < -0.3 is 4.57 Å². The Labute approximate surface area is 186 Å². The van der Waals surface area contributed by atoms with E-state index in [4.69, 9.17) is 4.98 Å². The van der Waals surface area contributed by atoms with Gasteiger partial charge in [-0.2, -0.15) is 15.1 Å². The molecule has 0 unspecified atom stereocenters. The number of aryl methyl sites for hydroxylation is 3. The van der Waals surface area contributed by atoms with Crippen LogP contribution in [0, 0.1) is 31.3 Å². The first-order valence-electron chi connectivity index (χ1n) is 10.1. The first kappa shape index (κ1) is 20.7. The minimum absolute atomic E-state index is 0.279. The SMILES string of the molecule is Cc1cc(C)n(-c2nc(N(c3ccc(F)cc3)c3ccc(F)c(F)c3)c3ncn(C)c3n2)n1. The molecule has 0 spiro atoms. The molecule has 33 heavy (non-hydrogen) atoms. The van der Waals surface area contributed by atoms with E-state index in [9.17, 15) is 13.2 Å². The maximum absolute atomic E-state index is 14.2. The smallest absolute Gasteiger partial charge is 0.254 e. The van der Waals surface area contributed by atoms with Gasteiger partial charge in [-0.15, -0.1) is 0 Å². The zero-order chi connectivity index (χ0) is 23.3. The van der Waals surface area contributed by atoms with Crippen molar-refractivity contribution in [3.63, 3.8) is 0 Å². The maximum Gasteiger partial charge on any atom is 0.254 e. The second-order valence-corrected chi connectivity index (χ2v) is 7.62. The van der Waals surface area contributed by atoms with Crippen LogP contribution in [-0.2, 0) is 7.05 Å². The molecular weight excluding hydrogens is 431 g/mol. The van der Waals surface area contributed by atoms with E-state index in [1.54, 1.807) is 27.5 Å². The highest BCUT2D eigenvalue weighted by atomic mass is 19.2. The van der Waals surface area contributed by atoms with Crippen molar-refractivity contribution in [2.75, 3.05) is 4.90 Å². The predicted octanol–water partition coefficient (Wildman–Crippen LogP) is 5.05. The average Bonchev–Trinajstić information content (AvgIpc) is 3.33. The molecule has 0 radical (unpaired) electrons. The van der Waals surface area contributed by atoms with Crippen molar-refractivity contribution in [2.45, 2.75) is 13.8 Å². The molecule has 0 atom stereocenters. The molecule has 0 amide bonds. The summed E-state index contributed by atoms with van der Waals surface area (Å²) in [6.45, 7) is 3.74. The first-order chi connectivity index (χ1) is 15.8. The number of hydrogen-bond acceptors (Lipinski definition) is 5. The van der Waals surface area contributed by atoms with Crippen LogP contribution in [0.5, 0.6) is 0 Å². The zero-order valence-corrected chi connectivity index (χ0v) is 18.0. The van der Waals surface area contributed by atoms with Gasteiger partial charge in [0.2, 0.25) is 0 Å². The lowest BCUT2D eigenvalue weighted by atomic mass is 10.2. The van der Waals surface area contributed by atoms with E-state index in [0.29, 0.717) is 22.7 Å². The Bertz CT molecular complexity index is 1490. The molecule has 5 aromatic rings. The molecule has 3 heterocycles. The van der Waals surface area contributed by atoms with E-state index in [-0.39, 0.29) is 11.6 Å². The van der Waals surface area contributed by atoms with Crippen molar-refractivity contribution in [3.8, 4) is 5.95 Å². The molecule has 10 heteroatoms. The lowest BCUT2D eigenvalue weighted by molar-refractivity contribution is 0.509. The number of imidazole rings is 1. The quantitative estimate of drug-likeness (QED) is 0.384. The largest absolute Gasteiger partial charge is 0.318 e. The molecule has 5 rings (SSSR count). The summed E-state index contributed by atoms with van der Waals surface area (Å²) < 4.78 is 44.9. The summed E-state index contributed by atoms with van der Waals surface area (Å²) in [4.78, 5) is 15.4. The van der Waals surface area contributed by atoms with Crippen molar-refractivity contribution in [3.05, 3.63) is 83.7 Å². The molecule has 0 aliphatic heterocycles.